The molecular formula is C13H21N3O4. The fourth-order valence-corrected chi connectivity index (χ4v) is 2.23. The molecule has 3 N–H and O–H groups in total. The molecule has 1 heterocycles. The van der Waals surface area contributed by atoms with Crippen molar-refractivity contribution in [1.29, 1.82) is 0 Å². The van der Waals surface area contributed by atoms with E-state index in [0.29, 0.717) is 19.0 Å². The number of hydrogen-bond acceptors (Lipinski definition) is 3. The normalized spacial score (nSPS) is 25.4. The summed E-state index contributed by atoms with van der Waals surface area (Å²) in [5.74, 6) is -0.929. The molecule has 1 aliphatic heterocycles. The average Bonchev–Trinajstić information content (AvgIpc) is 3.08. The Morgan fingerprint density at radius 1 is 1.35 bits per heavy atom. The van der Waals surface area contributed by atoms with Gasteiger partial charge >= 0.3 is 12.0 Å². The predicted octanol–water partition coefficient (Wildman–Crippen LogP) is 0.161. The Morgan fingerprint density at radius 2 is 2.05 bits per heavy atom. The average molecular weight is 283 g/mol. The van der Waals surface area contributed by atoms with E-state index in [9.17, 15) is 14.4 Å². The first-order valence-corrected chi connectivity index (χ1v) is 6.96. The maximum absolute atomic E-state index is 11.9. The lowest BCUT2D eigenvalue weighted by Gasteiger charge is -2.20. The predicted molar refractivity (Wildman–Crippen MR) is 71.1 cm³/mol. The zero-order valence-electron chi connectivity index (χ0n) is 11.6. The topological polar surface area (TPSA) is 98.7 Å². The lowest BCUT2D eigenvalue weighted by molar-refractivity contribution is -0.147. The molecule has 112 valence electrons. The van der Waals surface area contributed by atoms with Gasteiger partial charge in [-0.1, -0.05) is 0 Å². The van der Waals surface area contributed by atoms with Crippen molar-refractivity contribution in [3.05, 3.63) is 0 Å². The van der Waals surface area contributed by atoms with Crippen LogP contribution in [0.3, 0.4) is 0 Å². The van der Waals surface area contributed by atoms with Crippen molar-refractivity contribution in [3.8, 4) is 0 Å². The number of aliphatic carboxylic acids is 1. The molecule has 0 aromatic heterocycles. The van der Waals surface area contributed by atoms with Crippen molar-refractivity contribution >= 4 is 17.9 Å². The molecule has 0 spiro atoms. The van der Waals surface area contributed by atoms with Crippen molar-refractivity contribution in [3.63, 3.8) is 0 Å². The van der Waals surface area contributed by atoms with E-state index in [4.69, 9.17) is 5.11 Å². The van der Waals surface area contributed by atoms with E-state index in [1.54, 1.807) is 6.92 Å². The molecule has 1 aliphatic carbocycles. The lowest BCUT2D eigenvalue weighted by Crippen LogP contribution is -2.42. The molecule has 2 fully saturated rings. The van der Waals surface area contributed by atoms with E-state index in [2.05, 4.69) is 10.6 Å². The number of carbonyl (C=O) groups is 3. The van der Waals surface area contributed by atoms with Crippen LogP contribution in [0.2, 0.25) is 0 Å². The maximum Gasteiger partial charge on any atom is 0.317 e. The lowest BCUT2D eigenvalue weighted by atomic mass is 9.90. The zero-order valence-corrected chi connectivity index (χ0v) is 11.6. The molecule has 0 bridgehead atoms. The van der Waals surface area contributed by atoms with Gasteiger partial charge in [-0.2, -0.15) is 0 Å². The van der Waals surface area contributed by atoms with Crippen molar-refractivity contribution in [2.75, 3.05) is 19.6 Å². The van der Waals surface area contributed by atoms with E-state index >= 15 is 0 Å². The van der Waals surface area contributed by atoms with Crippen LogP contribution in [-0.2, 0) is 9.59 Å². The first-order valence-electron chi connectivity index (χ1n) is 6.96. The summed E-state index contributed by atoms with van der Waals surface area (Å²) in [6, 6.07) is 0.0299. The highest BCUT2D eigenvalue weighted by Crippen LogP contribution is 2.29. The highest BCUT2D eigenvalue weighted by Gasteiger charge is 2.42. The van der Waals surface area contributed by atoms with Crippen LogP contribution in [0.1, 0.15) is 32.6 Å². The fourth-order valence-electron chi connectivity index (χ4n) is 2.23. The van der Waals surface area contributed by atoms with Crippen LogP contribution < -0.4 is 10.6 Å². The summed E-state index contributed by atoms with van der Waals surface area (Å²) >= 11 is 0. The molecule has 0 aromatic rings. The van der Waals surface area contributed by atoms with Crippen molar-refractivity contribution in [2.45, 2.75) is 38.6 Å². The van der Waals surface area contributed by atoms with Gasteiger partial charge in [0.05, 0.1) is 5.41 Å². The van der Waals surface area contributed by atoms with Gasteiger partial charge in [-0.25, -0.2) is 4.79 Å². The summed E-state index contributed by atoms with van der Waals surface area (Å²) in [6.45, 7) is 2.56. The van der Waals surface area contributed by atoms with Crippen molar-refractivity contribution in [1.82, 2.24) is 15.5 Å². The van der Waals surface area contributed by atoms with Crippen molar-refractivity contribution in [2.24, 2.45) is 5.41 Å². The van der Waals surface area contributed by atoms with Gasteiger partial charge in [-0.3, -0.25) is 9.59 Å². The zero-order chi connectivity index (χ0) is 14.8. The largest absolute Gasteiger partial charge is 0.481 e. The molecule has 1 unspecified atom stereocenters. The Morgan fingerprint density at radius 3 is 2.60 bits per heavy atom. The number of carboxylic acid groups (broad SMARTS) is 1. The summed E-state index contributed by atoms with van der Waals surface area (Å²) < 4.78 is 0. The number of likely N-dealkylation sites (tertiary alicyclic amines) is 1. The highest BCUT2D eigenvalue weighted by atomic mass is 16.4. The molecule has 0 radical (unpaired) electrons. The number of carboxylic acids is 1. The minimum atomic E-state index is -0.878. The van der Waals surface area contributed by atoms with Gasteiger partial charge < -0.3 is 20.6 Å². The fraction of sp³-hybridized carbons (Fsp3) is 0.769. The van der Waals surface area contributed by atoms with Crippen LogP contribution in [0.5, 0.6) is 0 Å². The Bertz CT molecular complexity index is 422. The number of rotatable bonds is 5. The van der Waals surface area contributed by atoms with Gasteiger partial charge in [0.1, 0.15) is 0 Å². The van der Waals surface area contributed by atoms with Gasteiger partial charge in [0.2, 0.25) is 5.91 Å². The minimum absolute atomic E-state index is 0.0513. The summed E-state index contributed by atoms with van der Waals surface area (Å²) in [5, 5.41) is 14.6. The number of carbonyl (C=O) groups excluding carboxylic acids is 2. The van der Waals surface area contributed by atoms with Crippen molar-refractivity contribution < 1.29 is 19.5 Å². The standard InChI is InChI=1S/C13H21N3O4/c1-13(11(18)19)5-7-16(8-13)12(20)14-6-4-10(17)15-9-2-3-9/h9H,2-8H2,1H3,(H,14,20)(H,15,17)(H,18,19). The Hall–Kier alpha value is -1.79. The van der Waals surface area contributed by atoms with Gasteiger partial charge in [0.15, 0.2) is 0 Å². The minimum Gasteiger partial charge on any atom is -0.481 e. The van der Waals surface area contributed by atoms with Crippen LogP contribution in [0, 0.1) is 5.41 Å². The SMILES string of the molecule is CC1(C(=O)O)CCN(C(=O)NCCC(=O)NC2CC2)C1. The Labute approximate surface area is 117 Å². The third kappa shape index (κ3) is 3.61. The van der Waals surface area contributed by atoms with E-state index in [-0.39, 0.29) is 31.4 Å². The Balaban J connectivity index is 1.67. The van der Waals surface area contributed by atoms with E-state index < -0.39 is 11.4 Å². The molecule has 0 aromatic carbocycles. The summed E-state index contributed by atoms with van der Waals surface area (Å²) in [5.41, 5.74) is -0.860. The molecule has 20 heavy (non-hydrogen) atoms. The first-order chi connectivity index (χ1) is 9.40. The van der Waals surface area contributed by atoms with Crippen LogP contribution in [0.15, 0.2) is 0 Å². The molecule has 7 nitrogen and oxygen atoms in total. The van der Waals surface area contributed by atoms with Gasteiger partial charge in [0, 0.05) is 32.1 Å². The van der Waals surface area contributed by atoms with E-state index in [1.807, 2.05) is 0 Å². The second-order valence-corrected chi connectivity index (χ2v) is 5.86. The van der Waals surface area contributed by atoms with Crippen LogP contribution >= 0.6 is 0 Å². The third-order valence-corrected chi connectivity index (χ3v) is 3.85. The second kappa shape index (κ2) is 5.68. The molecule has 7 heteroatoms. The monoisotopic (exact) mass is 283 g/mol. The van der Waals surface area contributed by atoms with Gasteiger partial charge in [-0.05, 0) is 26.2 Å². The summed E-state index contributed by atoms with van der Waals surface area (Å²) in [6.07, 6.45) is 2.80. The quantitative estimate of drug-likeness (QED) is 0.669. The molecule has 1 saturated carbocycles. The van der Waals surface area contributed by atoms with E-state index in [0.717, 1.165) is 12.8 Å². The number of hydrogen-bond donors (Lipinski definition) is 3. The molecule has 2 aliphatic rings. The van der Waals surface area contributed by atoms with E-state index in [1.165, 1.54) is 4.90 Å². The van der Waals surface area contributed by atoms with Gasteiger partial charge in [-0.15, -0.1) is 0 Å². The highest BCUT2D eigenvalue weighted by molar-refractivity contribution is 5.80. The smallest absolute Gasteiger partial charge is 0.317 e. The molecular weight excluding hydrogens is 262 g/mol. The summed E-state index contributed by atoms with van der Waals surface area (Å²) in [4.78, 5) is 35.9. The van der Waals surface area contributed by atoms with Gasteiger partial charge in [0.25, 0.3) is 0 Å². The first kappa shape index (κ1) is 14.6. The number of nitrogens with one attached hydrogen (secondary N) is 2. The summed E-state index contributed by atoms with van der Waals surface area (Å²) in [7, 11) is 0. The number of urea groups is 1. The maximum atomic E-state index is 11.9. The molecule has 1 saturated heterocycles. The number of amides is 3. The number of nitrogens with zero attached hydrogens (tertiary/aromatic N) is 1. The Kier molecular flexibility index (Phi) is 4.15. The van der Waals surface area contributed by atoms with Crippen LogP contribution in [-0.4, -0.2) is 53.6 Å². The molecule has 2 rings (SSSR count). The molecule has 1 atom stereocenters. The third-order valence-electron chi connectivity index (χ3n) is 3.85. The van der Waals surface area contributed by atoms with Crippen LogP contribution in [0.4, 0.5) is 4.79 Å². The van der Waals surface area contributed by atoms with Crippen LogP contribution in [0.25, 0.3) is 0 Å². The second-order valence-electron chi connectivity index (χ2n) is 5.86. The molecule has 3 amide bonds.